The number of amidine groups is 1. The summed E-state index contributed by atoms with van der Waals surface area (Å²) in [6, 6.07) is 5.74. The first kappa shape index (κ1) is 18.3. The van der Waals surface area contributed by atoms with E-state index in [4.69, 9.17) is 0 Å². The summed E-state index contributed by atoms with van der Waals surface area (Å²) in [5.74, 6) is -0.530. The maximum absolute atomic E-state index is 13.3. The van der Waals surface area contributed by atoms with Crippen LogP contribution in [0.3, 0.4) is 0 Å². The van der Waals surface area contributed by atoms with Gasteiger partial charge in [0.05, 0.1) is 5.92 Å². The zero-order valence-corrected chi connectivity index (χ0v) is 15.1. The van der Waals surface area contributed by atoms with E-state index < -0.39 is 18.1 Å². The molecule has 5 nitrogen and oxygen atoms in total. The molecule has 1 amide bonds. The molecular weight excluding hydrogens is 333 g/mol. The minimum absolute atomic E-state index is 0.0768. The quantitative estimate of drug-likeness (QED) is 0.797. The molecule has 0 aromatic heterocycles. The van der Waals surface area contributed by atoms with E-state index in [1.54, 1.807) is 29.2 Å². The van der Waals surface area contributed by atoms with Crippen LogP contribution < -0.4 is 5.32 Å². The van der Waals surface area contributed by atoms with Crippen molar-refractivity contribution in [3.8, 4) is 0 Å². The number of rotatable bonds is 6. The lowest BCUT2D eigenvalue weighted by Crippen LogP contribution is -2.61. The highest BCUT2D eigenvalue weighted by atomic mass is 19.1. The highest BCUT2D eigenvalue weighted by Gasteiger charge is 2.49. The first-order valence-corrected chi connectivity index (χ1v) is 9.17. The number of benzene rings is 1. The second kappa shape index (κ2) is 7.81. The number of aliphatic imine (C=N–C) groups is 1. The number of hydrogen-bond donors (Lipinski definition) is 1. The van der Waals surface area contributed by atoms with Crippen LogP contribution in [0.5, 0.6) is 0 Å². The van der Waals surface area contributed by atoms with Gasteiger partial charge in [-0.2, -0.15) is 0 Å². The van der Waals surface area contributed by atoms with Gasteiger partial charge in [-0.25, -0.2) is 9.38 Å². The van der Waals surface area contributed by atoms with Gasteiger partial charge in [-0.05, 0) is 36.6 Å². The van der Waals surface area contributed by atoms with Gasteiger partial charge >= 0.3 is 0 Å². The smallest absolute Gasteiger partial charge is 0.235 e. The molecule has 0 radical (unpaired) electrons. The fourth-order valence-corrected chi connectivity index (χ4v) is 3.54. The van der Waals surface area contributed by atoms with Crippen molar-refractivity contribution in [1.29, 1.82) is 0 Å². The Labute approximate surface area is 153 Å². The summed E-state index contributed by atoms with van der Waals surface area (Å²) in [4.78, 5) is 31.8. The summed E-state index contributed by atoms with van der Waals surface area (Å²) < 4.78 is 13.3. The monoisotopic (exact) mass is 357 g/mol. The Balaban J connectivity index is 1.83. The fourth-order valence-electron chi connectivity index (χ4n) is 3.54. The average Bonchev–Trinajstić information content (AvgIpc) is 3.05. The number of halogens is 1. The van der Waals surface area contributed by atoms with Crippen molar-refractivity contribution in [2.45, 2.75) is 45.3 Å². The van der Waals surface area contributed by atoms with Gasteiger partial charge in [-0.15, -0.1) is 0 Å². The summed E-state index contributed by atoms with van der Waals surface area (Å²) in [5, 5.41) is 3.15. The Morgan fingerprint density at radius 1 is 1.23 bits per heavy atom. The SMILES string of the molecule is CCCC1C(=O)C2NC(/C=C/c3cccc(F)c3)=NC2N(CCC)C1=O. The van der Waals surface area contributed by atoms with E-state index in [1.165, 1.54) is 12.1 Å². The van der Waals surface area contributed by atoms with Crippen molar-refractivity contribution in [3.63, 3.8) is 0 Å². The summed E-state index contributed by atoms with van der Waals surface area (Å²) in [7, 11) is 0. The van der Waals surface area contributed by atoms with E-state index >= 15 is 0 Å². The molecule has 3 atom stereocenters. The Morgan fingerprint density at radius 2 is 2.04 bits per heavy atom. The predicted molar refractivity (Wildman–Crippen MR) is 99.0 cm³/mol. The van der Waals surface area contributed by atoms with E-state index in [-0.39, 0.29) is 17.5 Å². The third kappa shape index (κ3) is 3.54. The maximum Gasteiger partial charge on any atom is 0.235 e. The number of nitrogens with zero attached hydrogens (tertiary/aromatic N) is 2. The Morgan fingerprint density at radius 3 is 2.73 bits per heavy atom. The summed E-state index contributed by atoms with van der Waals surface area (Å²) in [5.41, 5.74) is 0.709. The number of carbonyl (C=O) groups excluding carboxylic acids is 2. The third-order valence-electron chi connectivity index (χ3n) is 4.75. The number of piperidine rings is 1. The molecule has 2 aliphatic rings. The summed E-state index contributed by atoms with van der Waals surface area (Å²) in [6.07, 6.45) is 5.14. The molecule has 0 spiro atoms. The third-order valence-corrected chi connectivity index (χ3v) is 4.75. The predicted octanol–water partition coefficient (Wildman–Crippen LogP) is 2.77. The van der Waals surface area contributed by atoms with Crippen LogP contribution in [0.4, 0.5) is 4.39 Å². The van der Waals surface area contributed by atoms with E-state index in [1.807, 2.05) is 13.8 Å². The zero-order valence-electron chi connectivity index (χ0n) is 15.1. The number of ketones is 1. The van der Waals surface area contributed by atoms with Crippen LogP contribution in [-0.2, 0) is 9.59 Å². The minimum atomic E-state index is -0.581. The molecule has 1 N–H and O–H groups in total. The van der Waals surface area contributed by atoms with Crippen LogP contribution >= 0.6 is 0 Å². The van der Waals surface area contributed by atoms with Crippen molar-refractivity contribution in [1.82, 2.24) is 10.2 Å². The van der Waals surface area contributed by atoms with Crippen LogP contribution in [-0.4, -0.2) is 41.2 Å². The zero-order chi connectivity index (χ0) is 18.7. The molecule has 2 aliphatic heterocycles. The van der Waals surface area contributed by atoms with Gasteiger partial charge in [0.15, 0.2) is 11.9 Å². The van der Waals surface area contributed by atoms with Gasteiger partial charge < -0.3 is 10.2 Å². The average molecular weight is 357 g/mol. The van der Waals surface area contributed by atoms with Crippen molar-refractivity contribution in [3.05, 3.63) is 41.7 Å². The van der Waals surface area contributed by atoms with Gasteiger partial charge in [-0.1, -0.05) is 38.5 Å². The molecule has 0 aliphatic carbocycles. The van der Waals surface area contributed by atoms with Crippen molar-refractivity contribution >= 4 is 23.6 Å². The molecule has 0 bridgehead atoms. The molecular formula is C20H24FN3O2. The van der Waals surface area contributed by atoms with E-state index in [2.05, 4.69) is 10.3 Å². The molecule has 2 heterocycles. The van der Waals surface area contributed by atoms with Gasteiger partial charge in [0.1, 0.15) is 17.7 Å². The minimum Gasteiger partial charge on any atom is -0.357 e. The Hall–Kier alpha value is -2.50. The van der Waals surface area contributed by atoms with Gasteiger partial charge in [0.2, 0.25) is 5.91 Å². The maximum atomic E-state index is 13.3. The van der Waals surface area contributed by atoms with Crippen LogP contribution in [0, 0.1) is 11.7 Å². The molecule has 0 saturated carbocycles. The van der Waals surface area contributed by atoms with E-state index in [0.717, 1.165) is 12.8 Å². The van der Waals surface area contributed by atoms with Crippen molar-refractivity contribution in [2.24, 2.45) is 10.9 Å². The number of carbonyl (C=O) groups is 2. The molecule has 6 heteroatoms. The van der Waals surface area contributed by atoms with Gasteiger partial charge in [0, 0.05) is 6.54 Å². The number of nitrogens with one attached hydrogen (secondary N) is 1. The molecule has 26 heavy (non-hydrogen) atoms. The second-order valence-electron chi connectivity index (χ2n) is 6.71. The summed E-state index contributed by atoms with van der Waals surface area (Å²) in [6.45, 7) is 4.56. The van der Waals surface area contributed by atoms with E-state index in [0.29, 0.717) is 24.4 Å². The highest BCUT2D eigenvalue weighted by molar-refractivity contribution is 6.11. The standard InChI is InChI=1S/C20H24FN3O2/c1-3-6-15-18(25)17-19(24(11-4-2)20(15)26)23-16(22-17)10-9-13-7-5-8-14(21)12-13/h5,7-10,12,15,17,19H,3-4,6,11H2,1-2H3,(H,22,23)/b10-9+. The number of Topliss-reactive ketones (excluding diaryl/α,β-unsaturated/α-hetero) is 1. The number of likely N-dealkylation sites (tertiary alicyclic amines) is 1. The summed E-state index contributed by atoms with van der Waals surface area (Å²) >= 11 is 0. The molecule has 1 aromatic rings. The lowest BCUT2D eigenvalue weighted by molar-refractivity contribution is -0.150. The lowest BCUT2D eigenvalue weighted by Gasteiger charge is -2.38. The molecule has 3 rings (SSSR count). The van der Waals surface area contributed by atoms with Crippen LogP contribution in [0.1, 0.15) is 38.7 Å². The first-order chi connectivity index (χ1) is 12.5. The number of hydrogen-bond acceptors (Lipinski definition) is 4. The van der Waals surface area contributed by atoms with Crippen LogP contribution in [0.15, 0.2) is 35.3 Å². The Kier molecular flexibility index (Phi) is 5.49. The largest absolute Gasteiger partial charge is 0.357 e. The Bertz CT molecular complexity index is 759. The normalized spacial score (nSPS) is 25.4. The van der Waals surface area contributed by atoms with Gasteiger partial charge in [-0.3, -0.25) is 9.59 Å². The second-order valence-corrected chi connectivity index (χ2v) is 6.71. The highest BCUT2D eigenvalue weighted by Crippen LogP contribution is 2.28. The molecule has 138 valence electrons. The van der Waals surface area contributed by atoms with Crippen molar-refractivity contribution in [2.75, 3.05) is 6.54 Å². The van der Waals surface area contributed by atoms with Gasteiger partial charge in [0.25, 0.3) is 0 Å². The number of amides is 1. The molecule has 1 fully saturated rings. The van der Waals surface area contributed by atoms with Crippen molar-refractivity contribution < 1.29 is 14.0 Å². The lowest BCUT2D eigenvalue weighted by atomic mass is 9.86. The first-order valence-electron chi connectivity index (χ1n) is 9.17. The van der Waals surface area contributed by atoms with Crippen LogP contribution in [0.25, 0.3) is 6.08 Å². The van der Waals surface area contributed by atoms with Crippen LogP contribution in [0.2, 0.25) is 0 Å². The fraction of sp³-hybridized carbons (Fsp3) is 0.450. The van der Waals surface area contributed by atoms with E-state index in [9.17, 15) is 14.0 Å². The molecule has 1 saturated heterocycles. The molecule has 3 unspecified atom stereocenters. The molecule has 1 aromatic carbocycles. The topological polar surface area (TPSA) is 61.8 Å². The number of fused-ring (bicyclic) bond motifs is 1.